The van der Waals surface area contributed by atoms with E-state index in [0.717, 1.165) is 35.9 Å². The van der Waals surface area contributed by atoms with E-state index in [1.807, 2.05) is 12.1 Å². The summed E-state index contributed by atoms with van der Waals surface area (Å²) in [6, 6.07) is 20.8. The second-order valence-electron chi connectivity index (χ2n) is 6.63. The second kappa shape index (κ2) is 8.38. The Kier molecular flexibility index (Phi) is 5.69. The lowest BCUT2D eigenvalue weighted by Crippen LogP contribution is -2.22. The third kappa shape index (κ3) is 3.80. The number of rotatable bonds is 6. The molecule has 0 N–H and O–H groups in total. The highest BCUT2D eigenvalue weighted by Gasteiger charge is 2.23. The summed E-state index contributed by atoms with van der Waals surface area (Å²) in [5, 5.41) is 0.767. The summed E-state index contributed by atoms with van der Waals surface area (Å²) in [7, 11) is 3.33. The number of hydrogen-bond acceptors (Lipinski definition) is 4. The molecule has 0 aliphatic carbocycles. The minimum absolute atomic E-state index is 0.761. The van der Waals surface area contributed by atoms with Crippen LogP contribution in [-0.2, 0) is 6.42 Å². The van der Waals surface area contributed by atoms with Crippen molar-refractivity contribution >= 4 is 34.7 Å². The predicted octanol–water partition coefficient (Wildman–Crippen LogP) is 6.59. The van der Waals surface area contributed by atoms with E-state index >= 15 is 0 Å². The van der Waals surface area contributed by atoms with Crippen molar-refractivity contribution in [2.24, 2.45) is 0 Å². The predicted molar refractivity (Wildman–Crippen MR) is 117 cm³/mol. The zero-order valence-electron chi connectivity index (χ0n) is 15.9. The van der Waals surface area contributed by atoms with Crippen molar-refractivity contribution in [3.63, 3.8) is 0 Å². The summed E-state index contributed by atoms with van der Waals surface area (Å²) < 4.78 is 10.8. The number of methoxy groups -OCH3 is 2. The molecule has 0 amide bonds. The second-order valence-corrected chi connectivity index (χ2v) is 8.15. The maximum atomic E-state index is 6.30. The fourth-order valence-electron chi connectivity index (χ4n) is 3.52. The molecule has 0 spiro atoms. The van der Waals surface area contributed by atoms with Crippen molar-refractivity contribution in [2.75, 3.05) is 25.7 Å². The molecule has 0 aromatic heterocycles. The van der Waals surface area contributed by atoms with Crippen LogP contribution in [0, 0.1) is 0 Å². The van der Waals surface area contributed by atoms with Gasteiger partial charge in [-0.25, -0.2) is 0 Å². The van der Waals surface area contributed by atoms with E-state index < -0.39 is 0 Å². The Bertz CT molecular complexity index is 992. The Balaban J connectivity index is 1.54. The van der Waals surface area contributed by atoms with Gasteiger partial charge in [-0.15, -0.1) is 0 Å². The molecule has 0 atom stereocenters. The van der Waals surface area contributed by atoms with E-state index in [9.17, 15) is 0 Å². The quantitative estimate of drug-likeness (QED) is 0.456. The number of hydrogen-bond donors (Lipinski definition) is 0. The van der Waals surface area contributed by atoms with Gasteiger partial charge in [-0.2, -0.15) is 0 Å². The van der Waals surface area contributed by atoms with Crippen LogP contribution in [0.2, 0.25) is 5.02 Å². The van der Waals surface area contributed by atoms with Gasteiger partial charge in [0.15, 0.2) is 11.5 Å². The van der Waals surface area contributed by atoms with Gasteiger partial charge in [0.25, 0.3) is 0 Å². The van der Waals surface area contributed by atoms with Crippen molar-refractivity contribution < 1.29 is 9.47 Å². The molecule has 3 aromatic carbocycles. The number of aryl methyl sites for hydroxylation is 1. The first-order chi connectivity index (χ1) is 13.7. The van der Waals surface area contributed by atoms with Crippen LogP contribution in [0.5, 0.6) is 11.5 Å². The summed E-state index contributed by atoms with van der Waals surface area (Å²) in [6.45, 7) is 0.916. The summed E-state index contributed by atoms with van der Waals surface area (Å²) in [4.78, 5) is 4.91. The first kappa shape index (κ1) is 19.0. The number of para-hydroxylation sites is 1. The molecule has 0 saturated heterocycles. The number of nitrogens with zero attached hydrogens (tertiary/aromatic N) is 1. The van der Waals surface area contributed by atoms with Crippen LogP contribution < -0.4 is 14.4 Å². The van der Waals surface area contributed by atoms with E-state index in [2.05, 4.69) is 53.4 Å². The van der Waals surface area contributed by atoms with Gasteiger partial charge in [0.2, 0.25) is 0 Å². The molecule has 4 rings (SSSR count). The van der Waals surface area contributed by atoms with Gasteiger partial charge in [0.05, 0.1) is 25.6 Å². The minimum atomic E-state index is 0.761. The molecule has 0 saturated carbocycles. The van der Waals surface area contributed by atoms with Gasteiger partial charge < -0.3 is 14.4 Å². The largest absolute Gasteiger partial charge is 0.493 e. The highest BCUT2D eigenvalue weighted by atomic mass is 35.5. The van der Waals surface area contributed by atoms with Gasteiger partial charge >= 0.3 is 0 Å². The van der Waals surface area contributed by atoms with E-state index in [1.54, 1.807) is 26.0 Å². The van der Waals surface area contributed by atoms with Crippen molar-refractivity contribution in [3.05, 3.63) is 71.2 Å². The molecule has 28 heavy (non-hydrogen) atoms. The van der Waals surface area contributed by atoms with E-state index in [4.69, 9.17) is 21.1 Å². The third-order valence-corrected chi connectivity index (χ3v) is 6.25. The Hall–Kier alpha value is -2.30. The Labute approximate surface area is 175 Å². The van der Waals surface area contributed by atoms with E-state index in [1.165, 1.54) is 26.7 Å². The first-order valence-corrected chi connectivity index (χ1v) is 10.4. The molecule has 1 aliphatic rings. The Morgan fingerprint density at radius 3 is 2.46 bits per heavy atom. The average Bonchev–Trinajstić information content (AvgIpc) is 2.73. The van der Waals surface area contributed by atoms with Crippen LogP contribution >= 0.6 is 23.4 Å². The molecule has 0 radical (unpaired) electrons. The van der Waals surface area contributed by atoms with Crippen LogP contribution in [0.4, 0.5) is 11.4 Å². The standard InChI is InChI=1S/C23H22ClNO2S/c1-26-20-11-9-16(14-21(20)27-2)6-5-13-25-18-7-3-4-8-22(18)28-23-12-10-17(24)15-19(23)25/h3-4,7-12,14-15H,5-6,13H2,1-2H3. The summed E-state index contributed by atoms with van der Waals surface area (Å²) in [6.07, 6.45) is 1.97. The monoisotopic (exact) mass is 411 g/mol. The fraction of sp³-hybridized carbons (Fsp3) is 0.217. The molecule has 5 heteroatoms. The lowest BCUT2D eigenvalue weighted by molar-refractivity contribution is 0.354. The van der Waals surface area contributed by atoms with Gasteiger partial charge in [0, 0.05) is 21.4 Å². The summed E-state index contributed by atoms with van der Waals surface area (Å²) >= 11 is 8.10. The normalized spacial score (nSPS) is 12.3. The van der Waals surface area contributed by atoms with Gasteiger partial charge in [-0.1, -0.05) is 41.6 Å². The lowest BCUT2D eigenvalue weighted by atomic mass is 10.1. The van der Waals surface area contributed by atoms with E-state index in [-0.39, 0.29) is 0 Å². The molecular formula is C23H22ClNO2S. The smallest absolute Gasteiger partial charge is 0.160 e. The lowest BCUT2D eigenvalue weighted by Gasteiger charge is -2.33. The van der Waals surface area contributed by atoms with E-state index in [0.29, 0.717) is 0 Å². The van der Waals surface area contributed by atoms with Crippen LogP contribution in [0.1, 0.15) is 12.0 Å². The number of anilines is 2. The highest BCUT2D eigenvalue weighted by Crippen LogP contribution is 2.48. The molecular weight excluding hydrogens is 390 g/mol. The van der Waals surface area contributed by atoms with Crippen LogP contribution in [0.25, 0.3) is 0 Å². The minimum Gasteiger partial charge on any atom is -0.493 e. The molecule has 0 unspecified atom stereocenters. The van der Waals surface area contributed by atoms with Crippen LogP contribution in [-0.4, -0.2) is 20.8 Å². The average molecular weight is 412 g/mol. The van der Waals surface area contributed by atoms with Crippen molar-refractivity contribution in [1.82, 2.24) is 0 Å². The molecule has 0 bridgehead atoms. The maximum Gasteiger partial charge on any atom is 0.160 e. The molecule has 1 heterocycles. The molecule has 3 aromatic rings. The SMILES string of the molecule is COc1ccc(CCCN2c3ccccc3Sc3ccc(Cl)cc32)cc1OC. The Morgan fingerprint density at radius 1 is 0.857 bits per heavy atom. The summed E-state index contributed by atoms with van der Waals surface area (Å²) in [5.74, 6) is 1.54. The molecule has 144 valence electrons. The zero-order chi connectivity index (χ0) is 19.5. The molecule has 0 fully saturated rings. The van der Waals surface area contributed by atoms with Gasteiger partial charge in [-0.3, -0.25) is 0 Å². The van der Waals surface area contributed by atoms with Crippen molar-refractivity contribution in [2.45, 2.75) is 22.6 Å². The Morgan fingerprint density at radius 2 is 1.64 bits per heavy atom. The topological polar surface area (TPSA) is 21.7 Å². The van der Waals surface area contributed by atoms with Crippen molar-refractivity contribution in [3.8, 4) is 11.5 Å². The number of benzene rings is 3. The van der Waals surface area contributed by atoms with Gasteiger partial charge in [0.1, 0.15) is 0 Å². The van der Waals surface area contributed by atoms with Crippen LogP contribution in [0.3, 0.4) is 0 Å². The fourth-order valence-corrected chi connectivity index (χ4v) is 4.76. The van der Waals surface area contributed by atoms with Gasteiger partial charge in [-0.05, 0) is 60.9 Å². The van der Waals surface area contributed by atoms with Crippen molar-refractivity contribution in [1.29, 1.82) is 0 Å². The maximum absolute atomic E-state index is 6.30. The third-order valence-electron chi connectivity index (χ3n) is 4.88. The summed E-state index contributed by atoms with van der Waals surface area (Å²) in [5.41, 5.74) is 3.67. The first-order valence-electron chi connectivity index (χ1n) is 9.24. The number of ether oxygens (including phenoxy) is 2. The molecule has 1 aliphatic heterocycles. The highest BCUT2D eigenvalue weighted by molar-refractivity contribution is 7.99. The molecule has 3 nitrogen and oxygen atoms in total. The van der Waals surface area contributed by atoms with Crippen LogP contribution in [0.15, 0.2) is 70.5 Å². The number of fused-ring (bicyclic) bond motifs is 2. The number of halogens is 1. The zero-order valence-corrected chi connectivity index (χ0v) is 17.5.